The smallest absolute Gasteiger partial charge is 0.239 e. The topological polar surface area (TPSA) is 63.5 Å². The Balaban J connectivity index is 1.54. The summed E-state index contributed by atoms with van der Waals surface area (Å²) in [7, 11) is 0. The number of hydrogen-bond acceptors (Lipinski definition) is 5. The molecule has 134 valence electrons. The van der Waals surface area contributed by atoms with Crippen LogP contribution in [0.4, 0.5) is 5.82 Å². The first kappa shape index (κ1) is 17.7. The highest BCUT2D eigenvalue weighted by molar-refractivity contribution is 5.81. The van der Waals surface area contributed by atoms with Crippen molar-refractivity contribution in [2.75, 3.05) is 44.2 Å². The third kappa shape index (κ3) is 4.10. The van der Waals surface area contributed by atoms with Crippen molar-refractivity contribution in [1.29, 1.82) is 5.26 Å². The monoisotopic (exact) mass is 341 g/mol. The van der Waals surface area contributed by atoms with E-state index in [1.165, 1.54) is 0 Å². The predicted octanol–water partition coefficient (Wildman–Crippen LogP) is 1.72. The lowest BCUT2D eigenvalue weighted by Crippen LogP contribution is -2.55. The van der Waals surface area contributed by atoms with Crippen molar-refractivity contribution in [3.8, 4) is 6.07 Å². The van der Waals surface area contributed by atoms with E-state index >= 15 is 0 Å². The third-order valence-electron chi connectivity index (χ3n) is 5.51. The number of carbonyl (C=O) groups excluding carboxylic acids is 1. The molecule has 2 aliphatic heterocycles. The Labute approximate surface area is 150 Å². The summed E-state index contributed by atoms with van der Waals surface area (Å²) in [4.78, 5) is 23.6. The number of carbonyl (C=O) groups is 1. The van der Waals surface area contributed by atoms with E-state index in [4.69, 9.17) is 5.26 Å². The number of piperazine rings is 1. The van der Waals surface area contributed by atoms with Crippen LogP contribution in [0, 0.1) is 17.2 Å². The van der Waals surface area contributed by atoms with Gasteiger partial charge in [0.25, 0.3) is 0 Å². The van der Waals surface area contributed by atoms with E-state index in [0.717, 1.165) is 63.8 Å². The summed E-state index contributed by atoms with van der Waals surface area (Å²) in [6.45, 7) is 9.44. The van der Waals surface area contributed by atoms with E-state index in [1.54, 1.807) is 12.3 Å². The minimum atomic E-state index is -0.0611. The van der Waals surface area contributed by atoms with Crippen molar-refractivity contribution >= 4 is 11.7 Å². The van der Waals surface area contributed by atoms with Crippen LogP contribution in [-0.4, -0.2) is 66.0 Å². The highest BCUT2D eigenvalue weighted by atomic mass is 16.2. The van der Waals surface area contributed by atoms with Gasteiger partial charge in [-0.2, -0.15) is 5.26 Å². The van der Waals surface area contributed by atoms with E-state index < -0.39 is 0 Å². The highest BCUT2D eigenvalue weighted by Gasteiger charge is 2.30. The fourth-order valence-electron chi connectivity index (χ4n) is 3.65. The summed E-state index contributed by atoms with van der Waals surface area (Å²) in [5, 5.41) is 9.03. The standard InChI is InChI=1S/C19H27N5O/c1-15-4-7-24(8-5-15)19(25)16(2)22-9-11-23(12-10-22)18-13-17(14-20)3-6-21-18/h3,6,13,15-16H,4-5,7-12H2,1-2H3. The number of anilines is 1. The maximum atomic E-state index is 12.8. The molecule has 1 atom stereocenters. The summed E-state index contributed by atoms with van der Waals surface area (Å²) in [6.07, 6.45) is 3.92. The second kappa shape index (κ2) is 7.83. The second-order valence-electron chi connectivity index (χ2n) is 7.22. The highest BCUT2D eigenvalue weighted by Crippen LogP contribution is 2.19. The number of nitrogens with zero attached hydrogens (tertiary/aromatic N) is 5. The normalized spacial score (nSPS) is 21.0. The van der Waals surface area contributed by atoms with E-state index in [-0.39, 0.29) is 11.9 Å². The zero-order valence-corrected chi connectivity index (χ0v) is 15.2. The van der Waals surface area contributed by atoms with Crippen molar-refractivity contribution in [3.63, 3.8) is 0 Å². The fraction of sp³-hybridized carbons (Fsp3) is 0.632. The largest absolute Gasteiger partial charge is 0.354 e. The molecule has 3 rings (SSSR count). The zero-order valence-electron chi connectivity index (χ0n) is 15.2. The number of aromatic nitrogens is 1. The fourth-order valence-corrected chi connectivity index (χ4v) is 3.65. The van der Waals surface area contributed by atoms with E-state index in [0.29, 0.717) is 5.56 Å². The van der Waals surface area contributed by atoms with Crippen molar-refractivity contribution in [1.82, 2.24) is 14.8 Å². The van der Waals surface area contributed by atoms with E-state index in [9.17, 15) is 4.79 Å². The van der Waals surface area contributed by atoms with Crippen LogP contribution in [0.1, 0.15) is 32.3 Å². The van der Waals surface area contributed by atoms with Crippen molar-refractivity contribution in [2.24, 2.45) is 5.92 Å². The van der Waals surface area contributed by atoms with Gasteiger partial charge in [-0.15, -0.1) is 0 Å². The molecule has 1 unspecified atom stereocenters. The van der Waals surface area contributed by atoms with Crippen molar-refractivity contribution in [2.45, 2.75) is 32.7 Å². The van der Waals surface area contributed by atoms with Gasteiger partial charge in [-0.1, -0.05) is 6.92 Å². The predicted molar refractivity (Wildman–Crippen MR) is 97.2 cm³/mol. The molecule has 1 aromatic rings. The lowest BCUT2D eigenvalue weighted by molar-refractivity contribution is -0.137. The van der Waals surface area contributed by atoms with Gasteiger partial charge in [0.15, 0.2) is 0 Å². The quantitative estimate of drug-likeness (QED) is 0.838. The number of nitriles is 1. The molecule has 3 heterocycles. The van der Waals surface area contributed by atoms with Gasteiger partial charge in [-0.25, -0.2) is 4.98 Å². The van der Waals surface area contributed by atoms with Crippen molar-refractivity contribution < 1.29 is 4.79 Å². The Morgan fingerprint density at radius 2 is 1.92 bits per heavy atom. The van der Waals surface area contributed by atoms with Crippen LogP contribution in [0.5, 0.6) is 0 Å². The molecule has 0 spiro atoms. The van der Waals surface area contributed by atoms with Crippen molar-refractivity contribution in [3.05, 3.63) is 23.9 Å². The molecule has 25 heavy (non-hydrogen) atoms. The molecule has 2 fully saturated rings. The second-order valence-corrected chi connectivity index (χ2v) is 7.22. The van der Waals surface area contributed by atoms with Gasteiger partial charge in [0.05, 0.1) is 17.7 Å². The van der Waals surface area contributed by atoms with Crippen LogP contribution in [0.25, 0.3) is 0 Å². The van der Waals surface area contributed by atoms with Crippen LogP contribution in [-0.2, 0) is 4.79 Å². The van der Waals surface area contributed by atoms with Gasteiger partial charge in [0, 0.05) is 45.5 Å². The Kier molecular flexibility index (Phi) is 5.54. The third-order valence-corrected chi connectivity index (χ3v) is 5.51. The Morgan fingerprint density at radius 1 is 1.24 bits per heavy atom. The maximum Gasteiger partial charge on any atom is 0.239 e. The lowest BCUT2D eigenvalue weighted by atomic mass is 9.98. The molecule has 2 aliphatic rings. The first-order valence-electron chi connectivity index (χ1n) is 9.22. The molecule has 0 N–H and O–H groups in total. The molecule has 0 saturated carbocycles. The van der Waals surface area contributed by atoms with Crippen LogP contribution in [0.15, 0.2) is 18.3 Å². The SMILES string of the molecule is CC1CCN(C(=O)C(C)N2CCN(c3cc(C#N)ccn3)CC2)CC1. The first-order valence-corrected chi connectivity index (χ1v) is 9.22. The van der Waals surface area contributed by atoms with Crippen LogP contribution in [0.3, 0.4) is 0 Å². The molecular weight excluding hydrogens is 314 g/mol. The summed E-state index contributed by atoms with van der Waals surface area (Å²) in [5.74, 6) is 1.85. The van der Waals surface area contributed by atoms with Gasteiger partial charge in [0.2, 0.25) is 5.91 Å². The van der Waals surface area contributed by atoms with E-state index in [2.05, 4.69) is 27.8 Å². The van der Waals surface area contributed by atoms with Gasteiger partial charge in [0.1, 0.15) is 5.82 Å². The first-order chi connectivity index (χ1) is 12.1. The minimum absolute atomic E-state index is 0.0611. The summed E-state index contributed by atoms with van der Waals surface area (Å²) in [5.41, 5.74) is 0.635. The lowest BCUT2D eigenvalue weighted by Gasteiger charge is -2.40. The number of piperidine rings is 1. The molecular formula is C19H27N5O. The van der Waals surface area contributed by atoms with Crippen LogP contribution < -0.4 is 4.90 Å². The molecule has 0 radical (unpaired) electrons. The molecule has 2 saturated heterocycles. The van der Waals surface area contributed by atoms with Gasteiger partial charge < -0.3 is 9.80 Å². The Bertz CT molecular complexity index is 639. The van der Waals surface area contributed by atoms with Gasteiger partial charge in [-0.05, 0) is 37.8 Å². The zero-order chi connectivity index (χ0) is 17.8. The van der Waals surface area contributed by atoms with Crippen LogP contribution >= 0.6 is 0 Å². The van der Waals surface area contributed by atoms with E-state index in [1.807, 2.05) is 17.9 Å². The number of pyridine rings is 1. The average Bonchev–Trinajstić information content (AvgIpc) is 2.67. The van der Waals surface area contributed by atoms with Crippen LogP contribution in [0.2, 0.25) is 0 Å². The number of hydrogen-bond donors (Lipinski definition) is 0. The molecule has 0 aliphatic carbocycles. The number of rotatable bonds is 3. The molecule has 6 heteroatoms. The maximum absolute atomic E-state index is 12.8. The summed E-state index contributed by atoms with van der Waals surface area (Å²) in [6, 6.07) is 5.65. The molecule has 6 nitrogen and oxygen atoms in total. The molecule has 1 aromatic heterocycles. The minimum Gasteiger partial charge on any atom is -0.354 e. The van der Waals surface area contributed by atoms with Gasteiger partial charge >= 0.3 is 0 Å². The number of amides is 1. The molecule has 0 bridgehead atoms. The summed E-state index contributed by atoms with van der Waals surface area (Å²) >= 11 is 0. The summed E-state index contributed by atoms with van der Waals surface area (Å²) < 4.78 is 0. The Morgan fingerprint density at radius 3 is 2.56 bits per heavy atom. The van der Waals surface area contributed by atoms with Gasteiger partial charge in [-0.3, -0.25) is 9.69 Å². The Hall–Kier alpha value is -2.13. The average molecular weight is 341 g/mol. The molecule has 0 aromatic carbocycles. The number of likely N-dealkylation sites (tertiary alicyclic amines) is 1. The molecule has 1 amide bonds.